The lowest BCUT2D eigenvalue weighted by Crippen LogP contribution is -2.51. The van der Waals surface area contributed by atoms with Crippen LogP contribution in [0.15, 0.2) is 36.4 Å². The average Bonchev–Trinajstić information content (AvgIpc) is 2.67. The average molecular weight is 367 g/mol. The molecular weight excluding hydrogens is 342 g/mol. The molecule has 1 aliphatic heterocycles. The topological polar surface area (TPSA) is 86.5 Å². The van der Waals surface area contributed by atoms with Gasteiger partial charge in [-0.2, -0.15) is 0 Å². The Kier molecular flexibility index (Phi) is 4.74. The largest absolute Gasteiger partial charge is 0.486 e. The van der Waals surface area contributed by atoms with Crippen LogP contribution in [0.25, 0.3) is 11.3 Å². The number of hydrogen-bond donors (Lipinski definition) is 2. The van der Waals surface area contributed by atoms with Crippen LogP contribution in [-0.2, 0) is 4.79 Å². The van der Waals surface area contributed by atoms with Gasteiger partial charge in [0.05, 0.1) is 11.6 Å². The van der Waals surface area contributed by atoms with Crippen LogP contribution in [-0.4, -0.2) is 29.6 Å². The van der Waals surface area contributed by atoms with Crippen LogP contribution < -0.4 is 20.5 Å². The Morgan fingerprint density at radius 3 is 2.81 bits per heavy atom. The van der Waals surface area contributed by atoms with Crippen molar-refractivity contribution in [1.82, 2.24) is 4.98 Å². The van der Waals surface area contributed by atoms with Gasteiger partial charge in [-0.25, -0.2) is 4.98 Å². The Hall–Kier alpha value is -2.60. The maximum absolute atomic E-state index is 12.8. The van der Waals surface area contributed by atoms with E-state index >= 15 is 0 Å². The molecule has 27 heavy (non-hydrogen) atoms. The summed E-state index contributed by atoms with van der Waals surface area (Å²) in [4.78, 5) is 17.4. The molecule has 0 bridgehead atoms. The van der Waals surface area contributed by atoms with Crippen LogP contribution in [0.3, 0.4) is 0 Å². The lowest BCUT2D eigenvalue weighted by Gasteiger charge is -2.37. The van der Waals surface area contributed by atoms with E-state index in [4.69, 9.17) is 15.2 Å². The summed E-state index contributed by atoms with van der Waals surface area (Å²) in [6.07, 6.45) is 3.81. The van der Waals surface area contributed by atoms with Crippen LogP contribution in [0.4, 0.5) is 5.82 Å². The van der Waals surface area contributed by atoms with Gasteiger partial charge in [0, 0.05) is 11.1 Å². The van der Waals surface area contributed by atoms with Crippen LogP contribution in [0.5, 0.6) is 11.5 Å². The third-order valence-electron chi connectivity index (χ3n) is 5.41. The van der Waals surface area contributed by atoms with Gasteiger partial charge in [-0.1, -0.05) is 18.9 Å². The number of ether oxygens (including phenoxy) is 2. The number of aromatic nitrogens is 1. The monoisotopic (exact) mass is 367 g/mol. The minimum Gasteiger partial charge on any atom is -0.486 e. The van der Waals surface area contributed by atoms with Gasteiger partial charge in [-0.15, -0.1) is 0 Å². The Labute approximate surface area is 159 Å². The Morgan fingerprint density at radius 1 is 1.19 bits per heavy atom. The minimum absolute atomic E-state index is 0.0495. The Bertz CT molecular complexity index is 850. The van der Waals surface area contributed by atoms with Crippen molar-refractivity contribution in [1.29, 1.82) is 0 Å². The van der Waals surface area contributed by atoms with Crippen molar-refractivity contribution in [2.75, 3.05) is 18.5 Å². The first kappa shape index (κ1) is 17.8. The second kappa shape index (κ2) is 7.19. The van der Waals surface area contributed by atoms with Crippen molar-refractivity contribution < 1.29 is 14.3 Å². The zero-order valence-corrected chi connectivity index (χ0v) is 15.5. The molecule has 0 spiro atoms. The molecule has 4 rings (SSSR count). The molecule has 2 aliphatic rings. The zero-order chi connectivity index (χ0) is 18.9. The Balaban J connectivity index is 1.53. The molecule has 2 aromatic rings. The van der Waals surface area contributed by atoms with Gasteiger partial charge in [0.2, 0.25) is 5.91 Å². The lowest BCUT2D eigenvalue weighted by molar-refractivity contribution is -0.122. The van der Waals surface area contributed by atoms with Gasteiger partial charge in [0.1, 0.15) is 19.0 Å². The van der Waals surface area contributed by atoms with Crippen LogP contribution in [0.1, 0.15) is 32.6 Å². The molecule has 1 aromatic heterocycles. The molecule has 1 fully saturated rings. The number of hydrogen-bond acceptors (Lipinski definition) is 5. The van der Waals surface area contributed by atoms with Gasteiger partial charge in [-0.05, 0) is 50.1 Å². The number of carbonyl (C=O) groups excluding carboxylic acids is 1. The van der Waals surface area contributed by atoms with Crippen molar-refractivity contribution in [3.05, 3.63) is 36.4 Å². The van der Waals surface area contributed by atoms with Gasteiger partial charge in [0.15, 0.2) is 11.5 Å². The highest BCUT2D eigenvalue weighted by molar-refractivity contribution is 5.93. The number of nitrogens with two attached hydrogens (primary N) is 1. The van der Waals surface area contributed by atoms with E-state index < -0.39 is 5.54 Å². The predicted molar refractivity (Wildman–Crippen MR) is 104 cm³/mol. The first-order chi connectivity index (χ1) is 13.0. The maximum atomic E-state index is 12.8. The molecule has 1 aromatic carbocycles. The highest BCUT2D eigenvalue weighted by Gasteiger charge is 2.37. The summed E-state index contributed by atoms with van der Waals surface area (Å²) in [5.41, 5.74) is 7.57. The van der Waals surface area contributed by atoms with E-state index in [0.717, 1.165) is 48.4 Å². The lowest BCUT2D eigenvalue weighted by atomic mass is 9.74. The number of carbonyl (C=O) groups is 1. The fourth-order valence-electron chi connectivity index (χ4n) is 3.87. The van der Waals surface area contributed by atoms with E-state index in [1.54, 1.807) is 6.07 Å². The van der Waals surface area contributed by atoms with Crippen molar-refractivity contribution in [2.24, 2.45) is 11.7 Å². The van der Waals surface area contributed by atoms with Gasteiger partial charge in [0.25, 0.3) is 0 Å². The third kappa shape index (κ3) is 3.76. The van der Waals surface area contributed by atoms with E-state index in [1.165, 1.54) is 0 Å². The highest BCUT2D eigenvalue weighted by Crippen LogP contribution is 2.35. The molecule has 2 heterocycles. The summed E-state index contributed by atoms with van der Waals surface area (Å²) in [5, 5.41) is 2.95. The summed E-state index contributed by atoms with van der Waals surface area (Å²) in [6, 6.07) is 11.3. The summed E-state index contributed by atoms with van der Waals surface area (Å²) >= 11 is 0. The number of benzene rings is 1. The van der Waals surface area contributed by atoms with Crippen molar-refractivity contribution in [3.63, 3.8) is 0 Å². The van der Waals surface area contributed by atoms with Gasteiger partial charge >= 0.3 is 0 Å². The number of nitrogens with one attached hydrogen (secondary N) is 1. The molecule has 2 unspecified atom stereocenters. The molecule has 6 heteroatoms. The van der Waals surface area contributed by atoms with Gasteiger partial charge < -0.3 is 20.5 Å². The molecule has 3 N–H and O–H groups in total. The molecule has 6 nitrogen and oxygen atoms in total. The fourth-order valence-corrected chi connectivity index (χ4v) is 3.87. The molecule has 0 saturated heterocycles. The number of pyridine rings is 1. The van der Waals surface area contributed by atoms with Gasteiger partial charge in [-0.3, -0.25) is 4.79 Å². The summed E-state index contributed by atoms with van der Waals surface area (Å²) in [5.74, 6) is 1.76. The second-order valence-electron chi connectivity index (χ2n) is 7.56. The van der Waals surface area contributed by atoms with Crippen molar-refractivity contribution in [3.8, 4) is 22.8 Å². The fraction of sp³-hybridized carbons (Fsp3) is 0.429. The molecular formula is C21H25N3O3. The minimum atomic E-state index is -0.463. The molecule has 142 valence electrons. The van der Waals surface area contributed by atoms with E-state index in [1.807, 2.05) is 37.3 Å². The standard InChI is InChI=1S/C21H25N3O3/c1-21(22)10-3-2-5-15(21)20(25)24-19-7-4-6-16(23-19)14-8-9-17-18(13-14)27-12-11-26-17/h4,6-9,13,15H,2-3,5,10-12,22H2,1H3,(H,23,24,25). The number of rotatable bonds is 3. The molecule has 2 atom stereocenters. The van der Waals surface area contributed by atoms with Crippen LogP contribution in [0.2, 0.25) is 0 Å². The first-order valence-corrected chi connectivity index (χ1v) is 9.50. The van der Waals surface area contributed by atoms with E-state index in [0.29, 0.717) is 19.0 Å². The predicted octanol–water partition coefficient (Wildman–Crippen LogP) is 3.37. The molecule has 1 saturated carbocycles. The maximum Gasteiger partial charge on any atom is 0.230 e. The number of nitrogens with zero attached hydrogens (tertiary/aromatic N) is 1. The molecule has 1 amide bonds. The number of anilines is 1. The molecule has 1 aliphatic carbocycles. The summed E-state index contributed by atoms with van der Waals surface area (Å²) in [7, 11) is 0. The van der Waals surface area contributed by atoms with Crippen molar-refractivity contribution in [2.45, 2.75) is 38.1 Å². The van der Waals surface area contributed by atoms with E-state index in [-0.39, 0.29) is 11.8 Å². The summed E-state index contributed by atoms with van der Waals surface area (Å²) < 4.78 is 11.2. The van der Waals surface area contributed by atoms with Crippen LogP contribution >= 0.6 is 0 Å². The quantitative estimate of drug-likeness (QED) is 0.869. The van der Waals surface area contributed by atoms with E-state index in [9.17, 15) is 4.79 Å². The van der Waals surface area contributed by atoms with Crippen LogP contribution in [0, 0.1) is 5.92 Å². The normalized spacial score (nSPS) is 24.3. The highest BCUT2D eigenvalue weighted by atomic mass is 16.6. The Morgan fingerprint density at radius 2 is 2.00 bits per heavy atom. The smallest absolute Gasteiger partial charge is 0.230 e. The number of amides is 1. The first-order valence-electron chi connectivity index (χ1n) is 9.50. The number of fused-ring (bicyclic) bond motifs is 1. The SMILES string of the molecule is CC1(N)CCCCC1C(=O)Nc1cccc(-c2ccc3c(c2)OCCO3)n1. The second-order valence-corrected chi connectivity index (χ2v) is 7.56. The third-order valence-corrected chi connectivity index (χ3v) is 5.41. The summed E-state index contributed by atoms with van der Waals surface area (Å²) in [6.45, 7) is 3.07. The molecule has 0 radical (unpaired) electrons. The van der Waals surface area contributed by atoms with Crippen molar-refractivity contribution >= 4 is 11.7 Å². The van der Waals surface area contributed by atoms with E-state index in [2.05, 4.69) is 10.3 Å². The zero-order valence-electron chi connectivity index (χ0n) is 15.5.